The van der Waals surface area contributed by atoms with Gasteiger partial charge >= 0.3 is 6.18 Å². The molecule has 0 saturated carbocycles. The fraction of sp³-hybridized carbons (Fsp3) is 0.643. The van der Waals surface area contributed by atoms with E-state index < -0.39 is 35.3 Å². The topological polar surface area (TPSA) is 57.2 Å². The van der Waals surface area contributed by atoms with Gasteiger partial charge in [0, 0.05) is 17.6 Å². The Morgan fingerprint density at radius 3 is 2.48 bits per heavy atom. The van der Waals surface area contributed by atoms with Gasteiger partial charge in [0.25, 0.3) is 0 Å². The highest BCUT2D eigenvalue weighted by Gasteiger charge is 2.29. The largest absolute Gasteiger partial charge is 0.598 e. The van der Waals surface area contributed by atoms with Gasteiger partial charge in [-0.05, 0) is 39.3 Å². The molecule has 0 saturated heterocycles. The maximum atomic E-state index is 12.1. The Morgan fingerprint density at radius 2 is 2.00 bits per heavy atom. The summed E-state index contributed by atoms with van der Waals surface area (Å²) < 4.78 is 55.7. The number of nitrogens with zero attached hydrogens (tertiary/aromatic N) is 1. The molecule has 1 aromatic rings. The monoisotopic (exact) mass is 372 g/mol. The van der Waals surface area contributed by atoms with Gasteiger partial charge in [0.1, 0.15) is 9.77 Å². The standard InChI is InChI=1S/C14H20ClF3N2O2S/c1-9(20-23(21)13(2,3)4)10-7-11(15)12(19-8-10)22-6-5-14(16,17)18/h7-9,20H,5-6H2,1-4H3. The van der Waals surface area contributed by atoms with E-state index in [-0.39, 0.29) is 16.9 Å². The van der Waals surface area contributed by atoms with E-state index in [1.54, 1.807) is 6.92 Å². The van der Waals surface area contributed by atoms with E-state index in [4.69, 9.17) is 16.3 Å². The lowest BCUT2D eigenvalue weighted by Gasteiger charge is -2.26. The number of aromatic nitrogens is 1. The summed E-state index contributed by atoms with van der Waals surface area (Å²) in [5.74, 6) is -0.0520. The molecule has 132 valence electrons. The average molecular weight is 373 g/mol. The Morgan fingerprint density at radius 1 is 1.39 bits per heavy atom. The third-order valence-corrected chi connectivity index (χ3v) is 4.74. The van der Waals surface area contributed by atoms with Crippen molar-refractivity contribution in [1.82, 2.24) is 9.71 Å². The molecule has 0 aromatic carbocycles. The predicted molar refractivity (Wildman–Crippen MR) is 84.9 cm³/mol. The fourth-order valence-corrected chi connectivity index (χ4v) is 2.49. The minimum absolute atomic E-state index is 0.0520. The van der Waals surface area contributed by atoms with Crippen molar-refractivity contribution in [3.8, 4) is 5.88 Å². The molecule has 1 heterocycles. The van der Waals surface area contributed by atoms with Crippen LogP contribution in [-0.2, 0) is 11.4 Å². The highest BCUT2D eigenvalue weighted by Crippen LogP contribution is 2.27. The molecule has 1 rings (SSSR count). The summed E-state index contributed by atoms with van der Waals surface area (Å²) in [6.45, 7) is 6.77. The van der Waals surface area contributed by atoms with Crippen LogP contribution in [0.5, 0.6) is 5.88 Å². The van der Waals surface area contributed by atoms with Gasteiger partial charge in [-0.25, -0.2) is 4.98 Å². The highest BCUT2D eigenvalue weighted by atomic mass is 35.5. The van der Waals surface area contributed by atoms with Gasteiger partial charge in [0.05, 0.1) is 19.1 Å². The first-order chi connectivity index (χ1) is 10.4. The van der Waals surface area contributed by atoms with E-state index in [0.29, 0.717) is 5.56 Å². The van der Waals surface area contributed by atoms with Crippen LogP contribution < -0.4 is 9.46 Å². The number of alkyl halides is 3. The third-order valence-electron chi connectivity index (χ3n) is 2.79. The predicted octanol–water partition coefficient (Wildman–Crippen LogP) is 4.18. The second-order valence-corrected chi connectivity index (χ2v) is 8.40. The lowest BCUT2D eigenvalue weighted by atomic mass is 10.2. The molecule has 2 atom stereocenters. The molecular formula is C14H20ClF3N2O2S. The summed E-state index contributed by atoms with van der Waals surface area (Å²) in [6.07, 6.45) is -3.93. The van der Waals surface area contributed by atoms with Crippen molar-refractivity contribution in [2.24, 2.45) is 0 Å². The molecule has 0 bridgehead atoms. The summed E-state index contributed by atoms with van der Waals surface area (Å²) in [6, 6.07) is 1.25. The molecule has 2 unspecified atom stereocenters. The quantitative estimate of drug-likeness (QED) is 0.761. The summed E-state index contributed by atoms with van der Waals surface area (Å²) >= 11 is 4.71. The molecule has 1 N–H and O–H groups in total. The molecule has 0 aliphatic rings. The van der Waals surface area contributed by atoms with Gasteiger partial charge < -0.3 is 9.29 Å². The normalized spacial score (nSPS) is 15.3. The Bertz CT molecular complexity index is 524. The number of pyridine rings is 1. The van der Waals surface area contributed by atoms with Crippen LogP contribution >= 0.6 is 11.6 Å². The van der Waals surface area contributed by atoms with Gasteiger partial charge in [-0.2, -0.15) is 13.2 Å². The van der Waals surface area contributed by atoms with Crippen molar-refractivity contribution in [2.75, 3.05) is 6.61 Å². The van der Waals surface area contributed by atoms with Crippen LogP contribution in [0.3, 0.4) is 0 Å². The smallest absolute Gasteiger partial charge is 0.392 e. The minimum atomic E-state index is -4.29. The van der Waals surface area contributed by atoms with Crippen LogP contribution in [0, 0.1) is 0 Å². The SMILES string of the molecule is CC(N[S+]([O-])C(C)(C)C)c1cnc(OCCC(F)(F)F)c(Cl)c1. The second kappa shape index (κ2) is 7.92. The Balaban J connectivity index is 2.68. The van der Waals surface area contributed by atoms with Crippen LogP contribution in [0.1, 0.15) is 45.7 Å². The van der Waals surface area contributed by atoms with E-state index in [2.05, 4.69) is 9.71 Å². The average Bonchev–Trinajstić information content (AvgIpc) is 2.37. The van der Waals surface area contributed by atoms with Gasteiger partial charge in [-0.15, -0.1) is 4.72 Å². The number of hydrogen-bond donors (Lipinski definition) is 1. The van der Waals surface area contributed by atoms with Crippen LogP contribution in [0.25, 0.3) is 0 Å². The van der Waals surface area contributed by atoms with Crippen LogP contribution in [0.15, 0.2) is 12.3 Å². The van der Waals surface area contributed by atoms with E-state index in [1.807, 2.05) is 20.8 Å². The van der Waals surface area contributed by atoms with E-state index >= 15 is 0 Å². The van der Waals surface area contributed by atoms with E-state index in [0.717, 1.165) is 0 Å². The molecule has 1 aromatic heterocycles. The van der Waals surface area contributed by atoms with Crippen molar-refractivity contribution in [1.29, 1.82) is 0 Å². The van der Waals surface area contributed by atoms with Crippen molar-refractivity contribution < 1.29 is 22.5 Å². The molecule has 4 nitrogen and oxygen atoms in total. The van der Waals surface area contributed by atoms with Gasteiger partial charge in [-0.1, -0.05) is 11.6 Å². The maximum absolute atomic E-state index is 12.1. The summed E-state index contributed by atoms with van der Waals surface area (Å²) in [5.41, 5.74) is 0.663. The van der Waals surface area contributed by atoms with Crippen LogP contribution in [-0.4, -0.2) is 27.1 Å². The summed E-state index contributed by atoms with van der Waals surface area (Å²) in [4.78, 5) is 3.93. The molecule has 0 radical (unpaired) electrons. The number of rotatable bonds is 6. The molecular weight excluding hydrogens is 353 g/mol. The van der Waals surface area contributed by atoms with Crippen LogP contribution in [0.2, 0.25) is 5.02 Å². The first-order valence-electron chi connectivity index (χ1n) is 6.93. The molecule has 23 heavy (non-hydrogen) atoms. The maximum Gasteiger partial charge on any atom is 0.392 e. The zero-order valence-corrected chi connectivity index (χ0v) is 14.9. The summed E-state index contributed by atoms with van der Waals surface area (Å²) in [7, 11) is 0. The zero-order chi connectivity index (χ0) is 17.8. The number of hydrogen-bond acceptors (Lipinski definition) is 4. The highest BCUT2D eigenvalue weighted by molar-refractivity contribution is 7.90. The Kier molecular flexibility index (Phi) is 7.00. The van der Waals surface area contributed by atoms with Crippen molar-refractivity contribution in [2.45, 2.75) is 51.1 Å². The van der Waals surface area contributed by atoms with Gasteiger partial charge in [0.2, 0.25) is 5.88 Å². The third kappa shape index (κ3) is 7.15. The van der Waals surface area contributed by atoms with E-state index in [9.17, 15) is 17.7 Å². The van der Waals surface area contributed by atoms with Crippen molar-refractivity contribution in [3.05, 3.63) is 22.8 Å². The fourth-order valence-electron chi connectivity index (χ4n) is 1.45. The number of ether oxygens (including phenoxy) is 1. The van der Waals surface area contributed by atoms with E-state index in [1.165, 1.54) is 12.3 Å². The molecule has 0 fully saturated rings. The Labute approximate surface area is 142 Å². The van der Waals surface area contributed by atoms with Crippen LogP contribution in [0.4, 0.5) is 13.2 Å². The lowest BCUT2D eigenvalue weighted by Crippen LogP contribution is -2.40. The van der Waals surface area contributed by atoms with Crippen molar-refractivity contribution >= 4 is 23.0 Å². The Hall–Kier alpha value is -0.700. The zero-order valence-electron chi connectivity index (χ0n) is 13.3. The minimum Gasteiger partial charge on any atom is -0.598 e. The first-order valence-corrected chi connectivity index (χ1v) is 8.46. The molecule has 0 amide bonds. The molecule has 0 spiro atoms. The van der Waals surface area contributed by atoms with Gasteiger partial charge in [-0.3, -0.25) is 0 Å². The van der Waals surface area contributed by atoms with Crippen molar-refractivity contribution in [3.63, 3.8) is 0 Å². The molecule has 0 aliphatic heterocycles. The molecule has 0 aliphatic carbocycles. The number of nitrogens with one attached hydrogen (secondary N) is 1. The second-order valence-electron chi connectivity index (χ2n) is 5.99. The first kappa shape index (κ1) is 20.3. The summed E-state index contributed by atoms with van der Waals surface area (Å²) in [5, 5.41) is 0.111. The lowest BCUT2D eigenvalue weighted by molar-refractivity contribution is -0.139. The van der Waals surface area contributed by atoms with Gasteiger partial charge in [0.15, 0.2) is 0 Å². The molecule has 9 heteroatoms. The number of halogens is 4.